The Kier molecular flexibility index (Phi) is 12.7. The molecule has 48 heavy (non-hydrogen) atoms. The number of halogens is 28. The van der Waals surface area contributed by atoms with Crippen LogP contribution in [0.3, 0.4) is 0 Å². The Labute approximate surface area is 283 Å². The van der Waals surface area contributed by atoms with Gasteiger partial charge in [0.05, 0.1) is 0 Å². The van der Waals surface area contributed by atoms with Crippen molar-refractivity contribution in [3.05, 3.63) is 0 Å². The van der Waals surface area contributed by atoms with Crippen LogP contribution in [0.25, 0.3) is 0 Å². The molecule has 0 rings (SSSR count). The second kappa shape index (κ2) is 12.4. The van der Waals surface area contributed by atoms with E-state index in [1.54, 1.807) is 0 Å². The summed E-state index contributed by atoms with van der Waals surface area (Å²) in [7, 11) is -9.52. The Morgan fingerprint density at radius 1 is 0.354 bits per heavy atom. The van der Waals surface area contributed by atoms with E-state index in [1.807, 2.05) is 0 Å². The Morgan fingerprint density at radius 2 is 0.562 bits per heavy atom. The molecule has 0 aromatic carbocycles. The van der Waals surface area contributed by atoms with Gasteiger partial charge in [-0.1, -0.05) is 0 Å². The molecule has 0 aromatic heterocycles. The van der Waals surface area contributed by atoms with Crippen molar-refractivity contribution in [1.29, 1.82) is 0 Å². The van der Waals surface area contributed by atoms with Crippen LogP contribution in [0.5, 0.6) is 0 Å². The summed E-state index contributed by atoms with van der Waals surface area (Å²) in [6.45, 7) is 0. The van der Waals surface area contributed by atoms with Gasteiger partial charge in [-0.2, -0.15) is 131 Å². The van der Waals surface area contributed by atoms with Crippen LogP contribution in [-0.2, 0) is 19.1 Å². The predicted molar refractivity (Wildman–Crippen MR) is 88.7 cm³/mol. The molecule has 34 heteroatoms. The molecule has 0 aliphatic heterocycles. The monoisotopic (exact) mass is 836 g/mol. The van der Waals surface area contributed by atoms with Gasteiger partial charge in [0.2, 0.25) is 0 Å². The molecular weight excluding hydrogens is 835 g/mol. The Hall–Kier alpha value is -0.904. The van der Waals surface area contributed by atoms with Crippen molar-refractivity contribution in [1.82, 2.24) is 0 Å². The number of carbonyl (C=O) groups excluding carboxylic acids is 1. The van der Waals surface area contributed by atoms with E-state index >= 15 is 0 Å². The molecule has 284 valence electrons. The molecule has 0 aliphatic carbocycles. The second-order valence-electron chi connectivity index (χ2n) is 8.08. The van der Waals surface area contributed by atoms with E-state index in [0.29, 0.717) is 0 Å². The van der Waals surface area contributed by atoms with Crippen molar-refractivity contribution < 1.29 is 140 Å². The van der Waals surface area contributed by atoms with Gasteiger partial charge in [0.15, 0.2) is 0 Å². The van der Waals surface area contributed by atoms with Gasteiger partial charge in [-0.25, -0.2) is 4.79 Å². The zero-order chi connectivity index (χ0) is 39.3. The fourth-order valence-corrected chi connectivity index (χ4v) is 3.06. The summed E-state index contributed by atoms with van der Waals surface area (Å²) in [5, 5.41) is -9.05. The molecular formula is C14HF28KO4S. The van der Waals surface area contributed by atoms with Crippen LogP contribution in [0.15, 0.2) is 0 Å². The maximum absolute atomic E-state index is 13.7. The fraction of sp³-hybridized carbons (Fsp3) is 0.929. The predicted octanol–water partition coefficient (Wildman–Crippen LogP) is 7.28. The third-order valence-electron chi connectivity index (χ3n) is 4.99. The summed E-state index contributed by atoms with van der Waals surface area (Å²) in [6.07, 6.45) is -16.3. The maximum atomic E-state index is 13.7. The van der Waals surface area contributed by atoms with Crippen LogP contribution < -0.4 is 0 Å². The van der Waals surface area contributed by atoms with Gasteiger partial charge in [-0.15, -0.1) is 0 Å². The van der Waals surface area contributed by atoms with Crippen LogP contribution in [0.2, 0.25) is 0 Å². The standard InChI is InChI=1S/C14F28O4S.K.H/c15-2(16,3(17,18)4(19,20)9(29,30)12(35,36)37)1(43)46-47(44,45)14(41,42)11(33,34)8(27,28)6(23,24)5(21,22)7(25,26)10(31,32)13(38,39)40;;. The first-order chi connectivity index (χ1) is 19.6. The molecule has 0 amide bonds. The Balaban J connectivity index is 0. The van der Waals surface area contributed by atoms with E-state index in [-0.39, 0.29) is 51.4 Å². The Bertz CT molecular complexity index is 1310. The molecule has 0 fully saturated rings. The molecule has 0 aliphatic rings. The van der Waals surface area contributed by atoms with E-state index in [4.69, 9.17) is 0 Å². The summed E-state index contributed by atoms with van der Waals surface area (Å²) in [6, 6.07) is 0. The molecule has 0 unspecified atom stereocenters. The Morgan fingerprint density at radius 3 is 0.812 bits per heavy atom. The summed E-state index contributed by atoms with van der Waals surface area (Å²) in [5.41, 5.74) is 0. The van der Waals surface area contributed by atoms with E-state index in [0.717, 1.165) is 0 Å². The van der Waals surface area contributed by atoms with Crippen molar-refractivity contribution in [2.24, 2.45) is 0 Å². The quantitative estimate of drug-likeness (QED) is 0.118. The minimum atomic E-state index is -9.56. The summed E-state index contributed by atoms with van der Waals surface area (Å²) >= 11 is 0. The van der Waals surface area contributed by atoms with Crippen LogP contribution in [0.4, 0.5) is 123 Å². The zero-order valence-corrected chi connectivity index (χ0v) is 20.4. The molecule has 0 atom stereocenters. The molecule has 0 saturated carbocycles. The number of rotatable bonds is 12. The van der Waals surface area contributed by atoms with Crippen molar-refractivity contribution in [2.45, 2.75) is 76.8 Å². The topological polar surface area (TPSA) is 60.4 Å². The van der Waals surface area contributed by atoms with Gasteiger partial charge in [-0.3, -0.25) is 0 Å². The molecule has 0 radical (unpaired) electrons. The van der Waals surface area contributed by atoms with Crippen LogP contribution in [0, 0.1) is 0 Å². The molecule has 0 aromatic rings. The molecule has 0 saturated heterocycles. The van der Waals surface area contributed by atoms with E-state index in [2.05, 4.69) is 0 Å². The molecule has 0 N–H and O–H groups in total. The normalized spacial score (nSPS) is 16.4. The first-order valence-corrected chi connectivity index (χ1v) is 10.8. The molecule has 4 nitrogen and oxygen atoms in total. The number of hydrogen-bond donors (Lipinski definition) is 0. The SMILES string of the molecule is O=C(OS(=O)(=O)C(F)(F)C(F)(F)C(F)(F)C(F)(F)C(F)(F)C(F)(F)C(F)(F)C(F)(F)F)C(F)(F)C(F)(F)C(F)(F)C(F)(F)C(F)(F)F.[KH]. The van der Waals surface area contributed by atoms with Crippen LogP contribution in [0.1, 0.15) is 0 Å². The zero-order valence-electron chi connectivity index (χ0n) is 19.6. The number of hydrogen-bond acceptors (Lipinski definition) is 4. The van der Waals surface area contributed by atoms with Gasteiger partial charge >= 0.3 is 144 Å². The third kappa shape index (κ3) is 6.29. The second-order valence-corrected chi connectivity index (χ2v) is 9.67. The van der Waals surface area contributed by atoms with Gasteiger partial charge < -0.3 is 4.18 Å². The minimum absolute atomic E-state index is 0. The van der Waals surface area contributed by atoms with Gasteiger partial charge in [0.1, 0.15) is 0 Å². The van der Waals surface area contributed by atoms with Gasteiger partial charge in [-0.05, 0) is 0 Å². The van der Waals surface area contributed by atoms with E-state index < -0.39 is 92.9 Å². The fourth-order valence-electron chi connectivity index (χ4n) is 2.21. The van der Waals surface area contributed by atoms with Crippen molar-refractivity contribution >= 4 is 67.5 Å². The first-order valence-electron chi connectivity index (χ1n) is 9.40. The average Bonchev–Trinajstić information content (AvgIpc) is 2.80. The molecule has 0 bridgehead atoms. The van der Waals surface area contributed by atoms with Crippen molar-refractivity contribution in [3.8, 4) is 0 Å². The third-order valence-corrected chi connectivity index (χ3v) is 6.24. The molecule has 0 spiro atoms. The van der Waals surface area contributed by atoms with Crippen LogP contribution in [-0.4, -0.2) is 143 Å². The van der Waals surface area contributed by atoms with Crippen molar-refractivity contribution in [2.75, 3.05) is 0 Å². The average molecular weight is 836 g/mol. The number of carbonyl (C=O) groups is 1. The van der Waals surface area contributed by atoms with Gasteiger partial charge in [0.25, 0.3) is 0 Å². The van der Waals surface area contributed by atoms with Crippen molar-refractivity contribution in [3.63, 3.8) is 0 Å². The summed E-state index contributed by atoms with van der Waals surface area (Å²) < 4.78 is 387. The van der Waals surface area contributed by atoms with Crippen LogP contribution >= 0.6 is 0 Å². The van der Waals surface area contributed by atoms with E-state index in [1.165, 1.54) is 4.18 Å². The summed E-state index contributed by atoms with van der Waals surface area (Å²) in [5.74, 6) is -96.0. The van der Waals surface area contributed by atoms with E-state index in [9.17, 15) is 136 Å². The number of alkyl halides is 28. The van der Waals surface area contributed by atoms with Gasteiger partial charge in [0, 0.05) is 0 Å². The first kappa shape index (κ1) is 49.2. The summed E-state index contributed by atoms with van der Waals surface area (Å²) in [4.78, 5) is 10.9. The molecule has 0 heterocycles.